The summed E-state index contributed by atoms with van der Waals surface area (Å²) in [6, 6.07) is 7.29. The summed E-state index contributed by atoms with van der Waals surface area (Å²) in [7, 11) is 0. The average molecular weight is 309 g/mol. The van der Waals surface area contributed by atoms with Crippen LogP contribution in [0.4, 0.5) is 0 Å². The summed E-state index contributed by atoms with van der Waals surface area (Å²) < 4.78 is 0. The number of rotatable bonds is 3. The van der Waals surface area contributed by atoms with Crippen LogP contribution < -0.4 is 0 Å². The SMILES string of the molecule is O[C@H](c1ncccn1)C1(c2ccc(Cl)c(Cl)c2)CCC1. The van der Waals surface area contributed by atoms with E-state index in [0.29, 0.717) is 15.9 Å². The highest BCUT2D eigenvalue weighted by Crippen LogP contribution is 2.52. The number of aromatic nitrogens is 2. The first kappa shape index (κ1) is 13.8. The highest BCUT2D eigenvalue weighted by atomic mass is 35.5. The van der Waals surface area contributed by atoms with E-state index in [1.54, 1.807) is 24.5 Å². The van der Waals surface area contributed by atoms with Gasteiger partial charge in [0.15, 0.2) is 5.82 Å². The monoisotopic (exact) mass is 308 g/mol. The number of hydrogen-bond acceptors (Lipinski definition) is 3. The molecule has 0 saturated heterocycles. The number of aliphatic hydroxyl groups is 1. The molecule has 20 heavy (non-hydrogen) atoms. The summed E-state index contributed by atoms with van der Waals surface area (Å²) in [5, 5.41) is 11.7. The Balaban J connectivity index is 2.01. The Morgan fingerprint density at radius 2 is 1.80 bits per heavy atom. The second kappa shape index (κ2) is 5.32. The van der Waals surface area contributed by atoms with E-state index < -0.39 is 6.10 Å². The lowest BCUT2D eigenvalue weighted by Crippen LogP contribution is -2.41. The molecule has 1 saturated carbocycles. The third-order valence-electron chi connectivity index (χ3n) is 4.09. The summed E-state index contributed by atoms with van der Waals surface area (Å²) in [5.41, 5.74) is 0.647. The molecule has 0 unspecified atom stereocenters. The molecule has 1 aromatic heterocycles. The van der Waals surface area contributed by atoms with E-state index in [4.69, 9.17) is 23.2 Å². The molecular formula is C15H14Cl2N2O. The molecule has 1 N–H and O–H groups in total. The minimum Gasteiger partial charge on any atom is -0.384 e. The van der Waals surface area contributed by atoms with Gasteiger partial charge in [-0.25, -0.2) is 9.97 Å². The molecule has 0 bridgehead atoms. The van der Waals surface area contributed by atoms with E-state index in [-0.39, 0.29) is 5.41 Å². The van der Waals surface area contributed by atoms with Crippen molar-refractivity contribution < 1.29 is 5.11 Å². The zero-order valence-corrected chi connectivity index (χ0v) is 12.3. The predicted octanol–water partition coefficient (Wildman–Crippen LogP) is 3.94. The summed E-state index contributed by atoms with van der Waals surface area (Å²) in [4.78, 5) is 8.34. The molecule has 3 rings (SSSR count). The van der Waals surface area contributed by atoms with Gasteiger partial charge in [-0.1, -0.05) is 35.7 Å². The van der Waals surface area contributed by atoms with Crippen molar-refractivity contribution in [2.24, 2.45) is 0 Å². The van der Waals surface area contributed by atoms with Crippen LogP contribution in [0.5, 0.6) is 0 Å². The van der Waals surface area contributed by atoms with Gasteiger partial charge in [0.2, 0.25) is 0 Å². The summed E-state index contributed by atoms with van der Waals surface area (Å²) in [6.07, 6.45) is 5.42. The molecule has 0 spiro atoms. The van der Waals surface area contributed by atoms with Crippen LogP contribution in [0.1, 0.15) is 36.8 Å². The Hall–Kier alpha value is -1.16. The molecule has 0 radical (unpaired) electrons. The smallest absolute Gasteiger partial charge is 0.157 e. The van der Waals surface area contributed by atoms with Crippen LogP contribution in [0.3, 0.4) is 0 Å². The first-order valence-corrected chi connectivity index (χ1v) is 7.29. The van der Waals surface area contributed by atoms with Gasteiger partial charge in [0, 0.05) is 17.8 Å². The van der Waals surface area contributed by atoms with Gasteiger partial charge in [-0.2, -0.15) is 0 Å². The normalized spacial score (nSPS) is 18.4. The van der Waals surface area contributed by atoms with Crippen molar-refractivity contribution in [3.05, 3.63) is 58.1 Å². The van der Waals surface area contributed by atoms with Crippen molar-refractivity contribution in [1.82, 2.24) is 9.97 Å². The number of benzene rings is 1. The lowest BCUT2D eigenvalue weighted by atomic mass is 9.61. The Kier molecular flexibility index (Phi) is 3.67. The van der Waals surface area contributed by atoms with Gasteiger partial charge in [0.05, 0.1) is 10.0 Å². The molecule has 1 aliphatic carbocycles. The van der Waals surface area contributed by atoms with Crippen LogP contribution >= 0.6 is 23.2 Å². The maximum absolute atomic E-state index is 10.7. The van der Waals surface area contributed by atoms with E-state index in [1.807, 2.05) is 12.1 Å². The van der Waals surface area contributed by atoms with Crippen LogP contribution in [0.25, 0.3) is 0 Å². The summed E-state index contributed by atoms with van der Waals surface area (Å²) in [6.45, 7) is 0. The zero-order valence-electron chi connectivity index (χ0n) is 10.8. The Bertz CT molecular complexity index is 615. The highest BCUT2D eigenvalue weighted by molar-refractivity contribution is 6.42. The molecule has 1 aliphatic rings. The van der Waals surface area contributed by atoms with Gasteiger partial charge in [0.1, 0.15) is 6.10 Å². The van der Waals surface area contributed by atoms with Crippen molar-refractivity contribution in [3.8, 4) is 0 Å². The van der Waals surface area contributed by atoms with Crippen LogP contribution in [0.15, 0.2) is 36.7 Å². The number of halogens is 2. The minimum absolute atomic E-state index is 0.352. The molecule has 2 aromatic rings. The third-order valence-corrected chi connectivity index (χ3v) is 4.83. The minimum atomic E-state index is -0.727. The van der Waals surface area contributed by atoms with Gasteiger partial charge in [-0.3, -0.25) is 0 Å². The fraction of sp³-hybridized carbons (Fsp3) is 0.333. The predicted molar refractivity (Wildman–Crippen MR) is 79.0 cm³/mol. The molecular weight excluding hydrogens is 295 g/mol. The van der Waals surface area contributed by atoms with Crippen molar-refractivity contribution >= 4 is 23.2 Å². The molecule has 0 aliphatic heterocycles. The maximum atomic E-state index is 10.7. The Labute approximate surface area is 127 Å². The van der Waals surface area contributed by atoms with Crippen molar-refractivity contribution in [1.29, 1.82) is 0 Å². The van der Waals surface area contributed by atoms with Crippen molar-refractivity contribution in [2.75, 3.05) is 0 Å². The molecule has 1 heterocycles. The average Bonchev–Trinajstić information content (AvgIpc) is 2.42. The fourth-order valence-corrected chi connectivity index (χ4v) is 3.08. The number of hydrogen-bond donors (Lipinski definition) is 1. The van der Waals surface area contributed by atoms with Gasteiger partial charge in [-0.05, 0) is 36.6 Å². The zero-order chi connectivity index (χ0) is 14.2. The molecule has 1 fully saturated rings. The first-order valence-electron chi connectivity index (χ1n) is 6.54. The molecule has 1 atom stereocenters. The lowest BCUT2D eigenvalue weighted by Gasteiger charge is -2.45. The van der Waals surface area contributed by atoms with Gasteiger partial charge >= 0.3 is 0 Å². The van der Waals surface area contributed by atoms with Crippen LogP contribution in [-0.4, -0.2) is 15.1 Å². The van der Waals surface area contributed by atoms with Crippen LogP contribution in [0.2, 0.25) is 10.0 Å². The quantitative estimate of drug-likeness (QED) is 0.934. The second-order valence-electron chi connectivity index (χ2n) is 5.15. The molecule has 104 valence electrons. The van der Waals surface area contributed by atoms with E-state index in [0.717, 1.165) is 24.8 Å². The lowest BCUT2D eigenvalue weighted by molar-refractivity contribution is 0.0205. The Morgan fingerprint density at radius 1 is 1.10 bits per heavy atom. The summed E-state index contributed by atoms with van der Waals surface area (Å²) in [5.74, 6) is 0.457. The number of nitrogens with zero attached hydrogens (tertiary/aromatic N) is 2. The van der Waals surface area contributed by atoms with E-state index in [2.05, 4.69) is 9.97 Å². The maximum Gasteiger partial charge on any atom is 0.157 e. The van der Waals surface area contributed by atoms with Crippen LogP contribution in [-0.2, 0) is 5.41 Å². The van der Waals surface area contributed by atoms with Gasteiger partial charge < -0.3 is 5.11 Å². The summed E-state index contributed by atoms with van der Waals surface area (Å²) >= 11 is 12.1. The number of aliphatic hydroxyl groups excluding tert-OH is 1. The van der Waals surface area contributed by atoms with E-state index in [9.17, 15) is 5.11 Å². The Morgan fingerprint density at radius 3 is 2.35 bits per heavy atom. The molecule has 1 aromatic carbocycles. The highest BCUT2D eigenvalue weighted by Gasteiger charge is 2.46. The van der Waals surface area contributed by atoms with Crippen LogP contribution in [0, 0.1) is 0 Å². The molecule has 0 amide bonds. The first-order chi connectivity index (χ1) is 9.63. The standard InChI is InChI=1S/C15H14Cl2N2O/c16-11-4-3-10(9-12(11)17)15(5-1-6-15)13(20)14-18-7-2-8-19-14/h2-4,7-9,13,20H,1,5-6H2/t13-/m1/s1. The molecule has 5 heteroatoms. The topological polar surface area (TPSA) is 46.0 Å². The van der Waals surface area contributed by atoms with E-state index >= 15 is 0 Å². The largest absolute Gasteiger partial charge is 0.384 e. The second-order valence-corrected chi connectivity index (χ2v) is 5.96. The van der Waals surface area contributed by atoms with E-state index in [1.165, 1.54) is 0 Å². The third kappa shape index (κ3) is 2.20. The van der Waals surface area contributed by atoms with Gasteiger partial charge in [0.25, 0.3) is 0 Å². The van der Waals surface area contributed by atoms with Gasteiger partial charge in [-0.15, -0.1) is 0 Å². The van der Waals surface area contributed by atoms with Crippen molar-refractivity contribution in [2.45, 2.75) is 30.8 Å². The van der Waals surface area contributed by atoms with Crippen molar-refractivity contribution in [3.63, 3.8) is 0 Å². The fourth-order valence-electron chi connectivity index (χ4n) is 2.78. The molecule has 3 nitrogen and oxygen atoms in total.